The Bertz CT molecular complexity index is 583. The molecule has 2 aromatic rings. The summed E-state index contributed by atoms with van der Waals surface area (Å²) in [6, 6.07) is 11.6. The molecule has 0 bridgehead atoms. The van der Waals surface area contributed by atoms with Crippen molar-refractivity contribution in [1.29, 1.82) is 0 Å². The van der Waals surface area contributed by atoms with Gasteiger partial charge in [-0.2, -0.15) is 0 Å². The van der Waals surface area contributed by atoms with Crippen molar-refractivity contribution in [2.75, 3.05) is 0 Å². The van der Waals surface area contributed by atoms with Crippen LogP contribution >= 0.6 is 0 Å². The predicted molar refractivity (Wildman–Crippen MR) is 71.4 cm³/mol. The highest BCUT2D eigenvalue weighted by Gasteiger charge is 2.00. The molecule has 0 aliphatic heterocycles. The molecule has 0 aromatic heterocycles. The normalized spacial score (nSPS) is 11.5. The summed E-state index contributed by atoms with van der Waals surface area (Å²) < 4.78 is 0. The van der Waals surface area contributed by atoms with E-state index in [0.29, 0.717) is 0 Å². The summed E-state index contributed by atoms with van der Waals surface area (Å²) >= 11 is 0. The van der Waals surface area contributed by atoms with Crippen molar-refractivity contribution >= 4 is 11.6 Å². The zero-order chi connectivity index (χ0) is 13.1. The van der Waals surface area contributed by atoms with Gasteiger partial charge in [0.1, 0.15) is 5.75 Å². The maximum Gasteiger partial charge on any atom is 0.157 e. The van der Waals surface area contributed by atoms with Gasteiger partial charge in [0.2, 0.25) is 0 Å². The first kappa shape index (κ1) is 12.0. The van der Waals surface area contributed by atoms with Crippen molar-refractivity contribution < 1.29 is 15.3 Å². The van der Waals surface area contributed by atoms with E-state index in [4.69, 9.17) is 0 Å². The molecule has 92 valence electrons. The number of hydrogen-bond acceptors (Lipinski definition) is 3. The molecule has 0 aliphatic carbocycles. The molecule has 3 heteroatoms. The van der Waals surface area contributed by atoms with Crippen LogP contribution < -0.4 is 0 Å². The van der Waals surface area contributed by atoms with Crippen LogP contribution in [0.5, 0.6) is 17.2 Å². The fraction of sp³-hybridized carbons (Fsp3) is 0.0667. The number of aromatic hydroxyl groups is 3. The minimum atomic E-state index is -0.137. The van der Waals surface area contributed by atoms with Gasteiger partial charge in [-0.1, -0.05) is 24.3 Å². The number of phenolic OH excluding ortho intramolecular Hbond substituents is 3. The Morgan fingerprint density at radius 3 is 2.17 bits per heavy atom. The molecule has 3 N–H and O–H groups in total. The minimum absolute atomic E-state index is 0.130. The van der Waals surface area contributed by atoms with Crippen molar-refractivity contribution in [3.05, 3.63) is 53.6 Å². The first-order chi connectivity index (χ1) is 8.56. The Balaban J connectivity index is 2.32. The Hall–Kier alpha value is -2.42. The molecule has 3 nitrogen and oxygen atoms in total. The molecule has 2 rings (SSSR count). The second-order valence-corrected chi connectivity index (χ2v) is 4.12. The summed E-state index contributed by atoms with van der Waals surface area (Å²) in [6.07, 6.45) is 1.89. The van der Waals surface area contributed by atoms with E-state index in [1.807, 2.05) is 25.1 Å². The Labute approximate surface area is 105 Å². The zero-order valence-electron chi connectivity index (χ0n) is 9.96. The van der Waals surface area contributed by atoms with Gasteiger partial charge in [-0.3, -0.25) is 0 Å². The predicted octanol–water partition coefficient (Wildman–Crippen LogP) is 3.36. The molecule has 0 spiro atoms. The van der Waals surface area contributed by atoms with Crippen LogP contribution in [0.1, 0.15) is 18.1 Å². The minimum Gasteiger partial charge on any atom is -0.508 e. The standard InChI is InChI=1S/C15H14O3/c1-10(12-3-5-13(16)6-4-12)8-11-2-7-14(17)15(18)9-11/h2-9,16-18H,1H3/b10-8+. The van der Waals surface area contributed by atoms with Crippen molar-refractivity contribution in [2.24, 2.45) is 0 Å². The van der Waals surface area contributed by atoms with Gasteiger partial charge in [0, 0.05) is 0 Å². The van der Waals surface area contributed by atoms with Crippen LogP contribution in [-0.2, 0) is 0 Å². The zero-order valence-corrected chi connectivity index (χ0v) is 9.96. The van der Waals surface area contributed by atoms with E-state index in [0.717, 1.165) is 16.7 Å². The lowest BCUT2D eigenvalue weighted by Crippen LogP contribution is -1.80. The fourth-order valence-electron chi connectivity index (χ4n) is 1.69. The molecule has 0 radical (unpaired) electrons. The van der Waals surface area contributed by atoms with E-state index in [1.54, 1.807) is 18.2 Å². The maximum atomic E-state index is 9.41. The molecule has 0 amide bonds. The monoisotopic (exact) mass is 242 g/mol. The first-order valence-electron chi connectivity index (χ1n) is 5.56. The van der Waals surface area contributed by atoms with E-state index in [2.05, 4.69) is 0 Å². The average Bonchev–Trinajstić information content (AvgIpc) is 2.34. The molecule has 2 aromatic carbocycles. The van der Waals surface area contributed by atoms with E-state index in [-0.39, 0.29) is 17.2 Å². The van der Waals surface area contributed by atoms with Gasteiger partial charge in [-0.15, -0.1) is 0 Å². The van der Waals surface area contributed by atoms with Crippen LogP contribution in [0.2, 0.25) is 0 Å². The number of rotatable bonds is 2. The van der Waals surface area contributed by atoms with Crippen LogP contribution in [0.15, 0.2) is 42.5 Å². The summed E-state index contributed by atoms with van der Waals surface area (Å²) in [5.74, 6) is -0.0366. The van der Waals surface area contributed by atoms with Gasteiger partial charge in [0.25, 0.3) is 0 Å². The average molecular weight is 242 g/mol. The Morgan fingerprint density at radius 2 is 1.56 bits per heavy atom. The smallest absolute Gasteiger partial charge is 0.157 e. The van der Waals surface area contributed by atoms with Gasteiger partial charge < -0.3 is 15.3 Å². The highest BCUT2D eigenvalue weighted by molar-refractivity contribution is 5.80. The molecule has 0 fully saturated rings. The van der Waals surface area contributed by atoms with Gasteiger partial charge >= 0.3 is 0 Å². The van der Waals surface area contributed by atoms with E-state index in [9.17, 15) is 15.3 Å². The summed E-state index contributed by atoms with van der Waals surface area (Å²) in [5, 5.41) is 27.8. The Kier molecular flexibility index (Phi) is 3.24. The topological polar surface area (TPSA) is 60.7 Å². The third-order valence-electron chi connectivity index (χ3n) is 2.71. The van der Waals surface area contributed by atoms with Crippen molar-refractivity contribution in [1.82, 2.24) is 0 Å². The van der Waals surface area contributed by atoms with Gasteiger partial charge in [0.05, 0.1) is 0 Å². The molecular formula is C15H14O3. The van der Waals surface area contributed by atoms with Crippen molar-refractivity contribution in [3.8, 4) is 17.2 Å². The van der Waals surface area contributed by atoms with Crippen molar-refractivity contribution in [2.45, 2.75) is 6.92 Å². The van der Waals surface area contributed by atoms with Gasteiger partial charge in [-0.25, -0.2) is 0 Å². The third kappa shape index (κ3) is 2.63. The van der Waals surface area contributed by atoms with Crippen molar-refractivity contribution in [3.63, 3.8) is 0 Å². The van der Waals surface area contributed by atoms with E-state index < -0.39 is 0 Å². The molecular weight excluding hydrogens is 228 g/mol. The van der Waals surface area contributed by atoms with Crippen LogP contribution in [0, 0.1) is 0 Å². The summed E-state index contributed by atoms with van der Waals surface area (Å²) in [6.45, 7) is 1.94. The SMILES string of the molecule is C/C(=C\c1ccc(O)c(O)c1)c1ccc(O)cc1. The quantitative estimate of drug-likeness (QED) is 0.559. The second kappa shape index (κ2) is 4.84. The lowest BCUT2D eigenvalue weighted by atomic mass is 10.0. The van der Waals surface area contributed by atoms with Crippen LogP contribution in [0.25, 0.3) is 11.6 Å². The lowest BCUT2D eigenvalue weighted by molar-refractivity contribution is 0.403. The third-order valence-corrected chi connectivity index (χ3v) is 2.71. The molecule has 0 saturated carbocycles. The molecule has 0 saturated heterocycles. The second-order valence-electron chi connectivity index (χ2n) is 4.12. The molecule has 0 atom stereocenters. The highest BCUT2D eigenvalue weighted by atomic mass is 16.3. The van der Waals surface area contributed by atoms with E-state index in [1.165, 1.54) is 12.1 Å². The fourth-order valence-corrected chi connectivity index (χ4v) is 1.69. The molecule has 0 unspecified atom stereocenters. The summed E-state index contributed by atoms with van der Waals surface area (Å²) in [7, 11) is 0. The largest absolute Gasteiger partial charge is 0.508 e. The number of phenols is 3. The summed E-state index contributed by atoms with van der Waals surface area (Å²) in [4.78, 5) is 0. The highest BCUT2D eigenvalue weighted by Crippen LogP contribution is 2.27. The van der Waals surface area contributed by atoms with Gasteiger partial charge in [-0.05, 0) is 47.9 Å². The lowest BCUT2D eigenvalue weighted by Gasteiger charge is -2.03. The number of benzene rings is 2. The van der Waals surface area contributed by atoms with E-state index >= 15 is 0 Å². The van der Waals surface area contributed by atoms with Gasteiger partial charge in [0.15, 0.2) is 11.5 Å². The number of hydrogen-bond donors (Lipinski definition) is 3. The molecule has 0 heterocycles. The molecule has 18 heavy (non-hydrogen) atoms. The van der Waals surface area contributed by atoms with Crippen LogP contribution in [0.4, 0.5) is 0 Å². The first-order valence-corrected chi connectivity index (χ1v) is 5.56. The number of allylic oxidation sites excluding steroid dienone is 1. The molecule has 0 aliphatic rings. The Morgan fingerprint density at radius 1 is 0.889 bits per heavy atom. The van der Waals surface area contributed by atoms with Crippen LogP contribution in [-0.4, -0.2) is 15.3 Å². The maximum absolute atomic E-state index is 9.41. The summed E-state index contributed by atoms with van der Waals surface area (Å²) in [5.41, 5.74) is 2.79. The van der Waals surface area contributed by atoms with Crippen LogP contribution in [0.3, 0.4) is 0 Å².